The summed E-state index contributed by atoms with van der Waals surface area (Å²) in [6.07, 6.45) is 4.16. The van der Waals surface area contributed by atoms with E-state index in [9.17, 15) is 0 Å². The number of morpholine rings is 1. The Labute approximate surface area is 101 Å². The molecule has 1 heterocycles. The molecule has 0 bridgehead atoms. The van der Waals surface area contributed by atoms with Gasteiger partial charge in [0.05, 0.1) is 12.7 Å². The van der Waals surface area contributed by atoms with Gasteiger partial charge in [0.1, 0.15) is 0 Å². The molecule has 0 saturated carbocycles. The summed E-state index contributed by atoms with van der Waals surface area (Å²) in [5.74, 6) is 0. The Kier molecular flexibility index (Phi) is 6.32. The third-order valence-electron chi connectivity index (χ3n) is 3.63. The first-order valence-electron chi connectivity index (χ1n) is 6.70. The lowest BCUT2D eigenvalue weighted by atomic mass is 10.1. The standard InChI is InChI=1S/C13H28N2O/c1-5-13-10-16-12(3)9-15(13)8-6-7-11(2)14-4/h11-14H,5-10H2,1-4H3. The van der Waals surface area contributed by atoms with Crippen molar-refractivity contribution in [2.45, 2.75) is 58.2 Å². The van der Waals surface area contributed by atoms with E-state index in [1.807, 2.05) is 7.05 Å². The summed E-state index contributed by atoms with van der Waals surface area (Å²) in [4.78, 5) is 2.61. The van der Waals surface area contributed by atoms with Gasteiger partial charge < -0.3 is 10.1 Å². The van der Waals surface area contributed by atoms with Gasteiger partial charge in [-0.1, -0.05) is 6.92 Å². The number of hydrogen-bond acceptors (Lipinski definition) is 3. The zero-order valence-corrected chi connectivity index (χ0v) is 11.3. The summed E-state index contributed by atoms with van der Waals surface area (Å²) in [6, 6.07) is 1.28. The molecule has 0 radical (unpaired) electrons. The number of ether oxygens (including phenoxy) is 1. The Morgan fingerprint density at radius 1 is 1.50 bits per heavy atom. The largest absolute Gasteiger partial charge is 0.376 e. The fraction of sp³-hybridized carbons (Fsp3) is 1.00. The molecule has 96 valence electrons. The normalized spacial score (nSPS) is 29.2. The van der Waals surface area contributed by atoms with E-state index in [0.29, 0.717) is 18.2 Å². The van der Waals surface area contributed by atoms with Gasteiger partial charge in [-0.3, -0.25) is 4.90 Å². The van der Waals surface area contributed by atoms with E-state index in [4.69, 9.17) is 4.74 Å². The molecule has 3 heteroatoms. The van der Waals surface area contributed by atoms with Crippen molar-refractivity contribution in [3.63, 3.8) is 0 Å². The average Bonchev–Trinajstić information content (AvgIpc) is 2.29. The van der Waals surface area contributed by atoms with E-state index in [1.165, 1.54) is 25.8 Å². The van der Waals surface area contributed by atoms with Crippen molar-refractivity contribution in [1.29, 1.82) is 0 Å². The first kappa shape index (κ1) is 13.9. The van der Waals surface area contributed by atoms with E-state index in [0.717, 1.165) is 13.2 Å². The molecule has 1 aliphatic rings. The zero-order chi connectivity index (χ0) is 12.0. The van der Waals surface area contributed by atoms with Gasteiger partial charge in [-0.2, -0.15) is 0 Å². The van der Waals surface area contributed by atoms with Crippen LogP contribution in [-0.2, 0) is 4.74 Å². The second kappa shape index (κ2) is 7.25. The summed E-state index contributed by atoms with van der Waals surface area (Å²) in [7, 11) is 2.04. The van der Waals surface area contributed by atoms with Crippen molar-refractivity contribution in [3.8, 4) is 0 Å². The Balaban J connectivity index is 2.26. The van der Waals surface area contributed by atoms with Gasteiger partial charge in [-0.25, -0.2) is 0 Å². The number of hydrogen-bond donors (Lipinski definition) is 1. The Morgan fingerprint density at radius 3 is 2.88 bits per heavy atom. The molecule has 1 aliphatic heterocycles. The molecular formula is C13H28N2O. The van der Waals surface area contributed by atoms with Gasteiger partial charge in [0.25, 0.3) is 0 Å². The summed E-state index contributed by atoms with van der Waals surface area (Å²) in [5, 5.41) is 3.29. The maximum Gasteiger partial charge on any atom is 0.0674 e. The highest BCUT2D eigenvalue weighted by Gasteiger charge is 2.24. The van der Waals surface area contributed by atoms with Gasteiger partial charge in [-0.05, 0) is 46.7 Å². The minimum absolute atomic E-state index is 0.407. The van der Waals surface area contributed by atoms with Gasteiger partial charge in [0.15, 0.2) is 0 Å². The lowest BCUT2D eigenvalue weighted by Gasteiger charge is -2.38. The zero-order valence-electron chi connectivity index (χ0n) is 11.3. The van der Waals surface area contributed by atoms with Crippen LogP contribution in [0, 0.1) is 0 Å². The molecule has 3 nitrogen and oxygen atoms in total. The van der Waals surface area contributed by atoms with Crippen molar-refractivity contribution in [3.05, 3.63) is 0 Å². The smallest absolute Gasteiger partial charge is 0.0674 e. The van der Waals surface area contributed by atoms with Crippen molar-refractivity contribution < 1.29 is 4.74 Å². The van der Waals surface area contributed by atoms with Crippen LogP contribution in [0.2, 0.25) is 0 Å². The predicted molar refractivity (Wildman–Crippen MR) is 68.8 cm³/mol. The molecule has 1 N–H and O–H groups in total. The van der Waals surface area contributed by atoms with Crippen LogP contribution in [-0.4, -0.2) is 49.8 Å². The van der Waals surface area contributed by atoms with Gasteiger partial charge in [-0.15, -0.1) is 0 Å². The quantitative estimate of drug-likeness (QED) is 0.751. The molecule has 16 heavy (non-hydrogen) atoms. The van der Waals surface area contributed by atoms with Crippen LogP contribution in [0.25, 0.3) is 0 Å². The third kappa shape index (κ3) is 4.40. The van der Waals surface area contributed by atoms with Gasteiger partial charge in [0.2, 0.25) is 0 Å². The fourth-order valence-electron chi connectivity index (χ4n) is 2.31. The maximum atomic E-state index is 5.71. The summed E-state index contributed by atoms with van der Waals surface area (Å²) in [6.45, 7) is 9.92. The van der Waals surface area contributed by atoms with E-state index < -0.39 is 0 Å². The first-order chi connectivity index (χ1) is 7.67. The van der Waals surface area contributed by atoms with Crippen molar-refractivity contribution in [1.82, 2.24) is 10.2 Å². The highest BCUT2D eigenvalue weighted by Crippen LogP contribution is 2.15. The molecule has 3 unspecified atom stereocenters. The van der Waals surface area contributed by atoms with E-state index in [1.54, 1.807) is 0 Å². The average molecular weight is 228 g/mol. The van der Waals surface area contributed by atoms with Crippen LogP contribution in [0.3, 0.4) is 0 Å². The molecule has 1 saturated heterocycles. The summed E-state index contributed by atoms with van der Waals surface area (Å²) in [5.41, 5.74) is 0. The second-order valence-electron chi connectivity index (χ2n) is 5.03. The molecule has 0 amide bonds. The monoisotopic (exact) mass is 228 g/mol. The molecule has 0 aliphatic carbocycles. The van der Waals surface area contributed by atoms with Crippen molar-refractivity contribution in [2.75, 3.05) is 26.7 Å². The molecule has 0 aromatic rings. The van der Waals surface area contributed by atoms with Crippen LogP contribution >= 0.6 is 0 Å². The van der Waals surface area contributed by atoms with Crippen LogP contribution < -0.4 is 5.32 Å². The predicted octanol–water partition coefficient (Wildman–Crippen LogP) is 1.87. The number of nitrogens with one attached hydrogen (secondary N) is 1. The minimum Gasteiger partial charge on any atom is -0.376 e. The molecule has 3 atom stereocenters. The molecule has 1 fully saturated rings. The molecule has 1 rings (SSSR count). The Hall–Kier alpha value is -0.120. The van der Waals surface area contributed by atoms with Crippen LogP contribution in [0.5, 0.6) is 0 Å². The van der Waals surface area contributed by atoms with Crippen molar-refractivity contribution in [2.24, 2.45) is 0 Å². The first-order valence-corrected chi connectivity index (χ1v) is 6.70. The highest BCUT2D eigenvalue weighted by molar-refractivity contribution is 4.77. The van der Waals surface area contributed by atoms with Gasteiger partial charge >= 0.3 is 0 Å². The third-order valence-corrected chi connectivity index (χ3v) is 3.63. The van der Waals surface area contributed by atoms with E-state index >= 15 is 0 Å². The van der Waals surface area contributed by atoms with Crippen LogP contribution in [0.15, 0.2) is 0 Å². The minimum atomic E-state index is 0.407. The summed E-state index contributed by atoms with van der Waals surface area (Å²) < 4.78 is 5.71. The second-order valence-corrected chi connectivity index (χ2v) is 5.03. The number of nitrogens with zero attached hydrogens (tertiary/aromatic N) is 1. The topological polar surface area (TPSA) is 24.5 Å². The lowest BCUT2D eigenvalue weighted by Crippen LogP contribution is -2.48. The summed E-state index contributed by atoms with van der Waals surface area (Å²) >= 11 is 0. The maximum absolute atomic E-state index is 5.71. The highest BCUT2D eigenvalue weighted by atomic mass is 16.5. The van der Waals surface area contributed by atoms with Gasteiger partial charge in [0, 0.05) is 18.6 Å². The molecular weight excluding hydrogens is 200 g/mol. The lowest BCUT2D eigenvalue weighted by molar-refractivity contribution is -0.0562. The van der Waals surface area contributed by atoms with E-state index in [2.05, 4.69) is 31.0 Å². The Morgan fingerprint density at radius 2 is 2.25 bits per heavy atom. The molecule has 0 aromatic carbocycles. The fourth-order valence-corrected chi connectivity index (χ4v) is 2.31. The Bertz CT molecular complexity index is 187. The van der Waals surface area contributed by atoms with Crippen LogP contribution in [0.1, 0.15) is 40.0 Å². The molecule has 0 aromatic heterocycles. The number of rotatable bonds is 6. The van der Waals surface area contributed by atoms with E-state index in [-0.39, 0.29) is 0 Å². The van der Waals surface area contributed by atoms with Crippen LogP contribution in [0.4, 0.5) is 0 Å². The SMILES string of the molecule is CCC1COC(C)CN1CCCC(C)NC. The molecule has 0 spiro atoms. The van der Waals surface area contributed by atoms with Crippen molar-refractivity contribution >= 4 is 0 Å².